The Hall–Kier alpha value is -4.67. The molecule has 35 heavy (non-hydrogen) atoms. The van der Waals surface area contributed by atoms with Crippen LogP contribution in [0.2, 0.25) is 0 Å². The van der Waals surface area contributed by atoms with Gasteiger partial charge in [-0.3, -0.25) is 9.48 Å². The maximum absolute atomic E-state index is 12.5. The Morgan fingerprint density at radius 3 is 2.71 bits per heavy atom. The van der Waals surface area contributed by atoms with E-state index in [1.807, 2.05) is 37.4 Å². The Morgan fingerprint density at radius 1 is 1.11 bits per heavy atom. The summed E-state index contributed by atoms with van der Waals surface area (Å²) in [6.07, 6.45) is 8.82. The summed E-state index contributed by atoms with van der Waals surface area (Å²) in [6.45, 7) is 4.65. The zero-order valence-corrected chi connectivity index (χ0v) is 19.2. The molecule has 0 N–H and O–H groups in total. The number of hydrogen-bond donors (Lipinski definition) is 0. The molecule has 0 aliphatic heterocycles. The molecular weight excluding hydrogens is 448 g/mol. The molecule has 5 aromatic rings. The molecule has 0 spiro atoms. The monoisotopic (exact) mass is 470 g/mol. The topological polar surface area (TPSA) is 127 Å². The normalized spacial score (nSPS) is 11.0. The highest BCUT2D eigenvalue weighted by Crippen LogP contribution is 2.19. The first-order valence-corrected chi connectivity index (χ1v) is 11.0. The predicted octanol–water partition coefficient (Wildman–Crippen LogP) is 2.77. The molecule has 1 aromatic carbocycles. The largest absolute Gasteiger partial charge is 0.482 e. The number of nitrogens with zero attached hydrogens (tertiary/aromatic N) is 8. The highest BCUT2D eigenvalue weighted by atomic mass is 16.5. The highest BCUT2D eigenvalue weighted by Gasteiger charge is 2.10. The minimum Gasteiger partial charge on any atom is -0.482 e. The Kier molecular flexibility index (Phi) is 6.12. The molecule has 0 fully saturated rings. The lowest BCUT2D eigenvalue weighted by Crippen LogP contribution is -2.16. The van der Waals surface area contributed by atoms with Crippen LogP contribution in [0.15, 0.2) is 70.6 Å². The standard InChI is InChI=1S/C24H22N8O3/c1-3-31-14-19(11-27-31)32-8-7-22(33)21(29-32)10-17-5-4-6-18(9-17)24-25-12-20(13-26-24)34-15-23-28-16(2)35-30-23/h4-9,11-14H,3,10,15H2,1-2H3. The van der Waals surface area contributed by atoms with Crippen molar-refractivity contribution in [2.75, 3.05) is 0 Å². The fourth-order valence-corrected chi connectivity index (χ4v) is 3.46. The summed E-state index contributed by atoms with van der Waals surface area (Å²) >= 11 is 0. The molecule has 11 nitrogen and oxygen atoms in total. The van der Waals surface area contributed by atoms with Gasteiger partial charge in [-0.1, -0.05) is 23.4 Å². The van der Waals surface area contributed by atoms with Crippen LogP contribution in [0.1, 0.15) is 29.9 Å². The predicted molar refractivity (Wildman–Crippen MR) is 125 cm³/mol. The molecule has 11 heteroatoms. The fraction of sp³-hybridized carbons (Fsp3) is 0.208. The summed E-state index contributed by atoms with van der Waals surface area (Å²) in [6, 6.07) is 9.24. The van der Waals surface area contributed by atoms with E-state index in [2.05, 4.69) is 30.3 Å². The summed E-state index contributed by atoms with van der Waals surface area (Å²) in [4.78, 5) is 25.4. The molecular formula is C24H22N8O3. The first kappa shape index (κ1) is 22.1. The molecule has 4 heterocycles. The van der Waals surface area contributed by atoms with Gasteiger partial charge < -0.3 is 9.26 Å². The lowest BCUT2D eigenvalue weighted by Gasteiger charge is -2.07. The second-order valence-electron chi connectivity index (χ2n) is 7.76. The van der Waals surface area contributed by atoms with Gasteiger partial charge in [0.2, 0.25) is 17.1 Å². The van der Waals surface area contributed by atoms with E-state index in [0.29, 0.717) is 35.4 Å². The maximum Gasteiger partial charge on any atom is 0.223 e. The zero-order valence-electron chi connectivity index (χ0n) is 19.2. The number of rotatable bonds is 8. The minimum atomic E-state index is -0.121. The Morgan fingerprint density at radius 2 is 1.97 bits per heavy atom. The summed E-state index contributed by atoms with van der Waals surface area (Å²) in [5, 5.41) is 12.6. The molecule has 0 radical (unpaired) electrons. The van der Waals surface area contributed by atoms with Gasteiger partial charge >= 0.3 is 0 Å². The van der Waals surface area contributed by atoms with Gasteiger partial charge in [0.1, 0.15) is 11.4 Å². The van der Waals surface area contributed by atoms with Crippen molar-refractivity contribution in [2.24, 2.45) is 0 Å². The van der Waals surface area contributed by atoms with E-state index in [9.17, 15) is 4.79 Å². The van der Waals surface area contributed by atoms with Gasteiger partial charge in [0.15, 0.2) is 18.2 Å². The number of aryl methyl sites for hydroxylation is 2. The van der Waals surface area contributed by atoms with E-state index < -0.39 is 0 Å². The molecule has 0 aliphatic carbocycles. The first-order valence-electron chi connectivity index (χ1n) is 11.0. The van der Waals surface area contributed by atoms with E-state index in [-0.39, 0.29) is 12.0 Å². The van der Waals surface area contributed by atoms with E-state index >= 15 is 0 Å². The quantitative estimate of drug-likeness (QED) is 0.336. The minimum absolute atomic E-state index is 0.121. The van der Waals surface area contributed by atoms with Crippen molar-refractivity contribution in [3.63, 3.8) is 0 Å². The lowest BCUT2D eigenvalue weighted by molar-refractivity contribution is 0.283. The van der Waals surface area contributed by atoms with Crippen molar-refractivity contribution in [1.29, 1.82) is 0 Å². The highest BCUT2D eigenvalue weighted by molar-refractivity contribution is 5.56. The molecule has 0 saturated heterocycles. The average Bonchev–Trinajstić information content (AvgIpc) is 3.53. The number of hydrogen-bond acceptors (Lipinski definition) is 9. The van der Waals surface area contributed by atoms with E-state index in [1.54, 1.807) is 41.1 Å². The molecule has 0 atom stereocenters. The van der Waals surface area contributed by atoms with Crippen molar-refractivity contribution in [3.8, 4) is 22.8 Å². The van der Waals surface area contributed by atoms with Crippen LogP contribution in [0.5, 0.6) is 5.75 Å². The lowest BCUT2D eigenvalue weighted by atomic mass is 10.1. The second-order valence-corrected chi connectivity index (χ2v) is 7.76. The number of aromatic nitrogens is 8. The molecule has 0 unspecified atom stereocenters. The maximum atomic E-state index is 12.5. The van der Waals surface area contributed by atoms with Gasteiger partial charge in [-0.25, -0.2) is 14.6 Å². The van der Waals surface area contributed by atoms with Crippen molar-refractivity contribution in [2.45, 2.75) is 33.4 Å². The van der Waals surface area contributed by atoms with Crippen LogP contribution in [0.4, 0.5) is 0 Å². The number of ether oxygens (including phenoxy) is 1. The van der Waals surface area contributed by atoms with Crippen LogP contribution in [0.3, 0.4) is 0 Å². The summed E-state index contributed by atoms with van der Waals surface area (Å²) < 4.78 is 14.0. The van der Waals surface area contributed by atoms with E-state index in [4.69, 9.17) is 9.26 Å². The second kappa shape index (κ2) is 9.67. The van der Waals surface area contributed by atoms with Crippen molar-refractivity contribution in [3.05, 3.63) is 94.5 Å². The van der Waals surface area contributed by atoms with Crippen molar-refractivity contribution >= 4 is 0 Å². The Labute approximate surface area is 200 Å². The van der Waals surface area contributed by atoms with Gasteiger partial charge in [0, 0.05) is 37.7 Å². The molecule has 4 aromatic heterocycles. The van der Waals surface area contributed by atoms with Gasteiger partial charge in [0.05, 0.1) is 24.8 Å². The SMILES string of the molecule is CCn1cc(-n2ccc(=O)c(Cc3cccc(-c4ncc(OCc5noc(C)n5)cn4)c3)n2)cn1. The number of benzene rings is 1. The fourth-order valence-electron chi connectivity index (χ4n) is 3.46. The van der Waals surface area contributed by atoms with Crippen LogP contribution in [-0.2, 0) is 19.6 Å². The smallest absolute Gasteiger partial charge is 0.223 e. The van der Waals surface area contributed by atoms with E-state index in [0.717, 1.165) is 23.4 Å². The Balaban J connectivity index is 1.31. The van der Waals surface area contributed by atoms with Crippen LogP contribution < -0.4 is 10.2 Å². The third kappa shape index (κ3) is 5.13. The molecule has 0 aliphatic rings. The van der Waals surface area contributed by atoms with E-state index in [1.165, 1.54) is 6.07 Å². The summed E-state index contributed by atoms with van der Waals surface area (Å²) in [5.41, 5.74) is 2.86. The van der Waals surface area contributed by atoms with Gasteiger partial charge in [0.25, 0.3) is 0 Å². The van der Waals surface area contributed by atoms with Crippen LogP contribution in [0, 0.1) is 6.92 Å². The summed E-state index contributed by atoms with van der Waals surface area (Å²) in [5.74, 6) is 1.96. The van der Waals surface area contributed by atoms with Crippen molar-refractivity contribution < 1.29 is 9.26 Å². The average molecular weight is 470 g/mol. The van der Waals surface area contributed by atoms with Crippen LogP contribution in [0.25, 0.3) is 17.1 Å². The Bertz CT molecular complexity index is 1500. The third-order valence-electron chi connectivity index (χ3n) is 5.21. The zero-order chi connectivity index (χ0) is 24.2. The molecule has 5 rings (SSSR count). The van der Waals surface area contributed by atoms with Crippen molar-refractivity contribution in [1.82, 2.24) is 39.7 Å². The summed E-state index contributed by atoms with van der Waals surface area (Å²) in [7, 11) is 0. The first-order chi connectivity index (χ1) is 17.1. The van der Waals surface area contributed by atoms with Gasteiger partial charge in [-0.2, -0.15) is 15.2 Å². The molecule has 176 valence electrons. The molecule has 0 amide bonds. The van der Waals surface area contributed by atoms with Gasteiger partial charge in [-0.05, 0) is 18.6 Å². The van der Waals surface area contributed by atoms with Gasteiger partial charge in [-0.15, -0.1) is 0 Å². The molecule has 0 saturated carbocycles. The third-order valence-corrected chi connectivity index (χ3v) is 5.21. The van der Waals surface area contributed by atoms with Crippen LogP contribution >= 0.6 is 0 Å². The van der Waals surface area contributed by atoms with Crippen LogP contribution in [-0.4, -0.2) is 39.7 Å². The molecule has 0 bridgehead atoms.